The smallest absolute Gasteiger partial charge is 0.274 e. The quantitative estimate of drug-likeness (QED) is 0.104. The van der Waals surface area contributed by atoms with E-state index < -0.39 is 41.2 Å². The number of benzene rings is 2. The van der Waals surface area contributed by atoms with Crippen molar-refractivity contribution in [2.45, 2.75) is 65.3 Å². The molecule has 3 atom stereocenters. The molecule has 0 saturated carbocycles. The second kappa shape index (κ2) is 19.4. The molecule has 7 rings (SSSR count). The molecule has 5 heterocycles. The number of nitrogens with one attached hydrogen (secondary N) is 4. The number of piperazine rings is 1. The number of carbonyl (C=O) groups is 4. The molecule has 5 N–H and O–H groups in total. The van der Waals surface area contributed by atoms with Crippen molar-refractivity contribution in [1.82, 2.24) is 40.6 Å². The molecule has 0 bridgehead atoms. The van der Waals surface area contributed by atoms with Crippen LogP contribution in [0.2, 0.25) is 0 Å². The van der Waals surface area contributed by atoms with Crippen LogP contribution in [0.15, 0.2) is 72.4 Å². The van der Waals surface area contributed by atoms with Gasteiger partial charge in [0.05, 0.1) is 35.0 Å². The van der Waals surface area contributed by atoms with E-state index in [9.17, 15) is 28.7 Å². The summed E-state index contributed by atoms with van der Waals surface area (Å²) in [5, 5.41) is 25.9. The number of H-pyrrole nitrogens is 1. The molecule has 63 heavy (non-hydrogen) atoms. The zero-order valence-corrected chi connectivity index (χ0v) is 36.8. The molecular formula is C45H53FN10O6S. The summed E-state index contributed by atoms with van der Waals surface area (Å²) in [6.45, 7) is 11.0. The van der Waals surface area contributed by atoms with Crippen LogP contribution >= 0.6 is 11.3 Å². The topological polar surface area (TPSA) is 198 Å². The zero-order chi connectivity index (χ0) is 44.8. The van der Waals surface area contributed by atoms with Crippen LogP contribution in [0.1, 0.15) is 55.4 Å². The number of aryl methyl sites for hydroxylation is 1. The lowest BCUT2D eigenvalue weighted by molar-refractivity contribution is -0.144. The molecule has 0 radical (unpaired) electrons. The van der Waals surface area contributed by atoms with Crippen LogP contribution in [-0.4, -0.2) is 123 Å². The number of aromatic amines is 1. The molecule has 0 unspecified atom stereocenters. The lowest BCUT2D eigenvalue weighted by Crippen LogP contribution is -2.58. The van der Waals surface area contributed by atoms with Crippen molar-refractivity contribution in [2.75, 3.05) is 56.6 Å². The summed E-state index contributed by atoms with van der Waals surface area (Å²) in [4.78, 5) is 69.6. The van der Waals surface area contributed by atoms with Crippen LogP contribution in [0.5, 0.6) is 5.75 Å². The number of likely N-dealkylation sites (tertiary alicyclic amines) is 1. The Hall–Kier alpha value is -6.24. The number of methoxy groups -OCH3 is 1. The Balaban J connectivity index is 0.891. The van der Waals surface area contributed by atoms with E-state index in [1.807, 2.05) is 69.6 Å². The van der Waals surface area contributed by atoms with Gasteiger partial charge >= 0.3 is 0 Å². The van der Waals surface area contributed by atoms with Crippen molar-refractivity contribution < 1.29 is 33.4 Å². The number of nitrogens with zero attached hydrogens (tertiary/aromatic N) is 6. The Labute approximate surface area is 369 Å². The van der Waals surface area contributed by atoms with Gasteiger partial charge in [0.25, 0.3) is 5.91 Å². The average Bonchev–Trinajstić information content (AvgIpc) is 4.06. The number of aliphatic hydroxyl groups excluding tert-OH is 1. The van der Waals surface area contributed by atoms with E-state index in [0.717, 1.165) is 27.4 Å². The second-order valence-corrected chi connectivity index (χ2v) is 17.7. The minimum absolute atomic E-state index is 0.00274. The fourth-order valence-corrected chi connectivity index (χ4v) is 8.62. The third-order valence-electron chi connectivity index (χ3n) is 11.4. The Morgan fingerprint density at radius 2 is 1.79 bits per heavy atom. The fourth-order valence-electron chi connectivity index (χ4n) is 7.81. The molecule has 5 aromatic rings. The van der Waals surface area contributed by atoms with Crippen LogP contribution in [0.3, 0.4) is 0 Å². The number of aliphatic hydroxyl groups is 1. The van der Waals surface area contributed by atoms with Gasteiger partial charge in [-0.1, -0.05) is 45.0 Å². The van der Waals surface area contributed by atoms with Crippen molar-refractivity contribution in [3.05, 3.63) is 95.1 Å². The number of halogens is 1. The molecule has 2 aromatic carbocycles. The van der Waals surface area contributed by atoms with Crippen LogP contribution in [-0.2, 0) is 20.9 Å². The molecule has 2 saturated heterocycles. The number of thiazole rings is 1. The number of pyridine rings is 1. The SMILES string of the molecule is COc1cc(N2CCN(CCC(=O)N[C@H](C(=O)N3C[C@H](O)C[C@H]3C(=O)NCc3ccc(-c4scnc4C)cc3)C(C)(C)C)CC2)ccc1NC(=O)c1ccc(F)c(-c2cc[nH]n2)n1. The third kappa shape index (κ3) is 10.7. The lowest BCUT2D eigenvalue weighted by atomic mass is 9.85. The Morgan fingerprint density at radius 3 is 2.46 bits per heavy atom. The Morgan fingerprint density at radius 1 is 1.03 bits per heavy atom. The van der Waals surface area contributed by atoms with E-state index in [-0.39, 0.29) is 54.8 Å². The molecule has 18 heteroatoms. The van der Waals surface area contributed by atoms with Crippen molar-refractivity contribution in [3.63, 3.8) is 0 Å². The number of hydrogen-bond acceptors (Lipinski definition) is 12. The molecule has 0 spiro atoms. The normalized spacial score (nSPS) is 17.3. The predicted octanol–water partition coefficient (Wildman–Crippen LogP) is 4.62. The maximum atomic E-state index is 14.4. The van der Waals surface area contributed by atoms with E-state index in [0.29, 0.717) is 44.2 Å². The Kier molecular flexibility index (Phi) is 13.8. The minimum Gasteiger partial charge on any atom is -0.494 e. The highest BCUT2D eigenvalue weighted by molar-refractivity contribution is 7.13. The highest BCUT2D eigenvalue weighted by Gasteiger charge is 2.44. The summed E-state index contributed by atoms with van der Waals surface area (Å²) >= 11 is 1.57. The number of ether oxygens (including phenoxy) is 1. The third-order valence-corrected chi connectivity index (χ3v) is 12.3. The van der Waals surface area contributed by atoms with Gasteiger partial charge in [-0.15, -0.1) is 11.3 Å². The minimum atomic E-state index is -0.917. The molecule has 16 nitrogen and oxygen atoms in total. The fraction of sp³-hybridized carbons (Fsp3) is 0.400. The number of anilines is 2. The van der Waals surface area contributed by atoms with E-state index >= 15 is 0 Å². The van der Waals surface area contributed by atoms with Crippen molar-refractivity contribution in [2.24, 2.45) is 5.41 Å². The average molecular weight is 881 g/mol. The van der Waals surface area contributed by atoms with Gasteiger partial charge in [0.2, 0.25) is 17.7 Å². The monoisotopic (exact) mass is 880 g/mol. The molecule has 3 aromatic heterocycles. The van der Waals surface area contributed by atoms with Gasteiger partial charge in [0, 0.05) is 76.6 Å². The second-order valence-electron chi connectivity index (χ2n) is 16.8. The number of hydrogen-bond donors (Lipinski definition) is 5. The maximum absolute atomic E-state index is 14.4. The highest BCUT2D eigenvalue weighted by Crippen LogP contribution is 2.32. The summed E-state index contributed by atoms with van der Waals surface area (Å²) in [5.41, 5.74) is 5.63. The van der Waals surface area contributed by atoms with E-state index in [1.54, 1.807) is 29.7 Å². The van der Waals surface area contributed by atoms with E-state index in [4.69, 9.17) is 4.74 Å². The molecule has 4 amide bonds. The number of rotatable bonds is 14. The van der Waals surface area contributed by atoms with Gasteiger partial charge in [-0.25, -0.2) is 14.4 Å². The predicted molar refractivity (Wildman–Crippen MR) is 238 cm³/mol. The van der Waals surface area contributed by atoms with Crippen LogP contribution in [0.25, 0.3) is 21.8 Å². The molecular weight excluding hydrogens is 828 g/mol. The first kappa shape index (κ1) is 44.8. The summed E-state index contributed by atoms with van der Waals surface area (Å²) in [5.74, 6) is -1.73. The zero-order valence-electron chi connectivity index (χ0n) is 36.0. The largest absolute Gasteiger partial charge is 0.494 e. The van der Waals surface area contributed by atoms with Gasteiger partial charge in [-0.2, -0.15) is 5.10 Å². The number of β-amino-alcohol motifs (C(OH)–C–C–N with tert-alkyl or cyclic N) is 1. The first-order valence-electron chi connectivity index (χ1n) is 20.9. The van der Waals surface area contributed by atoms with Crippen LogP contribution in [0, 0.1) is 18.2 Å². The van der Waals surface area contributed by atoms with E-state index in [2.05, 4.69) is 45.9 Å². The number of carbonyl (C=O) groups excluding carboxylic acids is 4. The maximum Gasteiger partial charge on any atom is 0.274 e. The molecule has 2 fully saturated rings. The number of aromatic nitrogens is 4. The molecule has 2 aliphatic rings. The first-order chi connectivity index (χ1) is 30.2. The van der Waals surface area contributed by atoms with Gasteiger partial charge in [-0.05, 0) is 53.8 Å². The molecule has 2 aliphatic heterocycles. The van der Waals surface area contributed by atoms with Gasteiger partial charge in [-0.3, -0.25) is 29.2 Å². The van der Waals surface area contributed by atoms with Gasteiger partial charge in [0.15, 0.2) is 5.82 Å². The van der Waals surface area contributed by atoms with Crippen LogP contribution < -0.4 is 25.6 Å². The van der Waals surface area contributed by atoms with Crippen molar-refractivity contribution >= 4 is 46.3 Å². The molecule has 332 valence electrons. The Bertz CT molecular complexity index is 2410. The summed E-state index contributed by atoms with van der Waals surface area (Å²) in [6.07, 6.45) is 0.951. The summed E-state index contributed by atoms with van der Waals surface area (Å²) < 4.78 is 20.1. The van der Waals surface area contributed by atoms with E-state index in [1.165, 1.54) is 24.1 Å². The first-order valence-corrected chi connectivity index (χ1v) is 21.7. The van der Waals surface area contributed by atoms with Gasteiger partial charge < -0.3 is 35.6 Å². The highest BCUT2D eigenvalue weighted by atomic mass is 32.1. The standard InChI is InChI=1S/C45H53FN10O6S/c1-27-40(63-26-48-27)29-8-6-28(7-9-29)24-47-43(60)36-23-31(57)25-56(36)44(61)41(45(2,3)4)52-38(58)15-17-54-18-20-55(21-19-54)30-10-12-33(37(22-30)62-5)51-42(59)35-13-11-32(46)39(50-35)34-14-16-49-53-34/h6-14,16,22,26,31,36,41,57H,15,17-21,23-25H2,1-5H3,(H,47,60)(H,49,53)(H,51,59)(H,52,58)/t31-,36+,41-/m1/s1. The lowest BCUT2D eigenvalue weighted by Gasteiger charge is -2.37. The van der Waals surface area contributed by atoms with Crippen molar-refractivity contribution in [1.29, 1.82) is 0 Å². The molecule has 0 aliphatic carbocycles. The van der Waals surface area contributed by atoms with Crippen LogP contribution in [0.4, 0.5) is 15.8 Å². The summed E-state index contributed by atoms with van der Waals surface area (Å²) in [6, 6.07) is 15.6. The van der Waals surface area contributed by atoms with Gasteiger partial charge in [0.1, 0.15) is 34.9 Å². The number of amides is 4. The summed E-state index contributed by atoms with van der Waals surface area (Å²) in [7, 11) is 1.51. The van der Waals surface area contributed by atoms with Crippen molar-refractivity contribution in [3.8, 4) is 27.6 Å².